The fraction of sp³-hybridized carbons (Fsp3) is 0.278. The number of hydrogen-bond donors (Lipinski definition) is 2. The maximum Gasteiger partial charge on any atom is 0.293 e. The van der Waals surface area contributed by atoms with E-state index >= 15 is 0 Å². The Morgan fingerprint density at radius 2 is 1.93 bits per heavy atom. The maximum atomic E-state index is 14.4. The number of rotatable bonds is 7. The molecule has 1 atom stereocenters. The van der Waals surface area contributed by atoms with Gasteiger partial charge in [0.15, 0.2) is 0 Å². The van der Waals surface area contributed by atoms with Crippen LogP contribution in [0.4, 0.5) is 15.8 Å². The number of alkyl halides is 1. The van der Waals surface area contributed by atoms with Gasteiger partial charge < -0.3 is 14.8 Å². The van der Waals surface area contributed by atoms with Crippen LogP contribution in [0, 0.1) is 10.1 Å². The van der Waals surface area contributed by atoms with E-state index in [2.05, 4.69) is 5.32 Å². The number of halogens is 1. The Hall–Kier alpha value is -3.09. The molecule has 0 radical (unpaired) electrons. The number of amides is 1. The van der Waals surface area contributed by atoms with Crippen molar-refractivity contribution in [2.75, 3.05) is 31.7 Å². The van der Waals surface area contributed by atoms with E-state index in [9.17, 15) is 27.7 Å². The predicted octanol–water partition coefficient (Wildman–Crippen LogP) is 1.84. The highest BCUT2D eigenvalue weighted by Crippen LogP contribution is 2.29. The summed E-state index contributed by atoms with van der Waals surface area (Å²) in [6.07, 6.45) is 0. The van der Waals surface area contributed by atoms with Gasteiger partial charge in [-0.1, -0.05) is 18.2 Å². The summed E-state index contributed by atoms with van der Waals surface area (Å²) in [4.78, 5) is 22.2. The minimum atomic E-state index is -4.38. The van der Waals surface area contributed by atoms with Gasteiger partial charge in [0.2, 0.25) is 5.85 Å². The lowest BCUT2D eigenvalue weighted by Gasteiger charge is -2.29. The van der Waals surface area contributed by atoms with Crippen LogP contribution in [0.2, 0.25) is 0 Å². The smallest absolute Gasteiger partial charge is 0.293 e. The summed E-state index contributed by atoms with van der Waals surface area (Å²) < 4.78 is 51.3. The third kappa shape index (κ3) is 5.09. The monoisotopic (exact) mass is 439 g/mol. The number of hydrogen-bond acceptors (Lipinski definition) is 8. The zero-order valence-corrected chi connectivity index (χ0v) is 16.4. The molecule has 0 saturated carbocycles. The van der Waals surface area contributed by atoms with Gasteiger partial charge in [0.25, 0.3) is 21.6 Å². The lowest BCUT2D eigenvalue weighted by molar-refractivity contribution is -0.384. The van der Waals surface area contributed by atoms with Crippen molar-refractivity contribution in [3.05, 3.63) is 64.2 Å². The number of carbonyl (C=O) groups excluding carboxylic acids is 1. The fourth-order valence-electron chi connectivity index (χ4n) is 2.69. The molecule has 1 heterocycles. The van der Waals surface area contributed by atoms with Crippen LogP contribution in [0.25, 0.3) is 0 Å². The first-order chi connectivity index (χ1) is 14.2. The molecule has 1 saturated heterocycles. The first-order valence-corrected chi connectivity index (χ1v) is 10.2. The zero-order chi connectivity index (χ0) is 21.8. The van der Waals surface area contributed by atoms with Crippen LogP contribution >= 0.6 is 0 Å². The molecule has 2 aromatic carbocycles. The normalized spacial score (nSPS) is 19.1. The van der Waals surface area contributed by atoms with Crippen molar-refractivity contribution in [3.8, 4) is 0 Å². The third-order valence-corrected chi connectivity index (χ3v) is 5.52. The number of carbonyl (C=O) groups is 1. The van der Waals surface area contributed by atoms with E-state index < -0.39 is 43.8 Å². The van der Waals surface area contributed by atoms with Crippen molar-refractivity contribution in [2.24, 2.45) is 0 Å². The topological polar surface area (TPSA) is 137 Å². The maximum absolute atomic E-state index is 14.4. The summed E-state index contributed by atoms with van der Waals surface area (Å²) in [5.41, 5.74) is -0.610. The van der Waals surface area contributed by atoms with E-state index in [1.807, 2.05) is 4.72 Å². The molecule has 12 heteroatoms. The van der Waals surface area contributed by atoms with Crippen molar-refractivity contribution >= 4 is 27.3 Å². The Morgan fingerprint density at radius 1 is 1.20 bits per heavy atom. The van der Waals surface area contributed by atoms with Crippen LogP contribution in [0.5, 0.6) is 0 Å². The highest BCUT2D eigenvalue weighted by molar-refractivity contribution is 7.90. The van der Waals surface area contributed by atoms with Crippen LogP contribution in [0.1, 0.15) is 10.4 Å². The molecule has 1 unspecified atom stereocenters. The van der Waals surface area contributed by atoms with Gasteiger partial charge in [0.1, 0.15) is 12.3 Å². The Kier molecular flexibility index (Phi) is 6.29. The molecule has 160 valence electrons. The second-order valence-electron chi connectivity index (χ2n) is 6.37. The summed E-state index contributed by atoms with van der Waals surface area (Å²) >= 11 is 0. The van der Waals surface area contributed by atoms with Crippen LogP contribution in [0.3, 0.4) is 0 Å². The lowest BCUT2D eigenvalue weighted by atomic mass is 10.2. The number of nitro groups is 1. The Balaban J connectivity index is 1.80. The van der Waals surface area contributed by atoms with Crippen molar-refractivity contribution in [2.45, 2.75) is 10.8 Å². The van der Waals surface area contributed by atoms with Gasteiger partial charge in [0, 0.05) is 11.6 Å². The summed E-state index contributed by atoms with van der Waals surface area (Å²) in [5.74, 6) is -3.05. The van der Waals surface area contributed by atoms with Crippen LogP contribution in [-0.2, 0) is 19.5 Å². The molecular formula is C18H18FN3O7S. The quantitative estimate of drug-likeness (QED) is 0.493. The van der Waals surface area contributed by atoms with Crippen molar-refractivity contribution in [1.82, 2.24) is 4.72 Å². The molecule has 1 fully saturated rings. The molecule has 10 nitrogen and oxygen atoms in total. The first-order valence-electron chi connectivity index (χ1n) is 8.75. The molecule has 2 N–H and O–H groups in total. The summed E-state index contributed by atoms with van der Waals surface area (Å²) in [5, 5.41) is 14.0. The Morgan fingerprint density at radius 3 is 2.57 bits per heavy atom. The number of nitro benzene ring substituents is 1. The second kappa shape index (κ2) is 8.73. The summed E-state index contributed by atoms with van der Waals surface area (Å²) in [7, 11) is -4.38. The van der Waals surface area contributed by atoms with Gasteiger partial charge in [-0.15, -0.1) is 0 Å². The number of ether oxygens (including phenoxy) is 2. The standard InChI is InChI=1S/C18H18FN3O7S/c19-18(12-28-8-9-29-18)11-20-15-7-6-14(10-16(15)22(24)25)30(26,27)21-17(23)13-4-2-1-3-5-13/h1-7,10,20H,8-9,11-12H2,(H,21,23). The molecule has 0 bridgehead atoms. The van der Waals surface area contributed by atoms with E-state index in [4.69, 9.17) is 9.47 Å². The number of nitrogens with zero attached hydrogens (tertiary/aromatic N) is 1. The molecule has 1 aliphatic heterocycles. The van der Waals surface area contributed by atoms with Gasteiger partial charge in [-0.3, -0.25) is 14.9 Å². The minimum Gasteiger partial charge on any atom is -0.374 e. The van der Waals surface area contributed by atoms with Gasteiger partial charge in [0.05, 0.1) is 29.6 Å². The third-order valence-electron chi connectivity index (χ3n) is 4.19. The molecule has 0 aliphatic carbocycles. The average molecular weight is 439 g/mol. The van der Waals surface area contributed by atoms with E-state index in [1.165, 1.54) is 12.1 Å². The van der Waals surface area contributed by atoms with Crippen molar-refractivity contribution in [1.29, 1.82) is 0 Å². The van der Waals surface area contributed by atoms with Crippen LogP contribution < -0.4 is 10.0 Å². The zero-order valence-electron chi connectivity index (χ0n) is 15.5. The molecule has 0 aromatic heterocycles. The molecule has 30 heavy (non-hydrogen) atoms. The van der Waals surface area contributed by atoms with Gasteiger partial charge in [-0.05, 0) is 24.3 Å². The van der Waals surface area contributed by atoms with Gasteiger partial charge in [-0.2, -0.15) is 0 Å². The van der Waals surface area contributed by atoms with Gasteiger partial charge in [-0.25, -0.2) is 17.5 Å². The van der Waals surface area contributed by atoms with Crippen molar-refractivity contribution in [3.63, 3.8) is 0 Å². The molecular weight excluding hydrogens is 421 g/mol. The lowest BCUT2D eigenvalue weighted by Crippen LogP contribution is -2.44. The highest BCUT2D eigenvalue weighted by atomic mass is 32.2. The van der Waals surface area contributed by atoms with E-state index in [0.29, 0.717) is 0 Å². The van der Waals surface area contributed by atoms with Crippen molar-refractivity contribution < 1.29 is 32.0 Å². The van der Waals surface area contributed by atoms with E-state index in [0.717, 1.165) is 18.2 Å². The number of anilines is 1. The summed E-state index contributed by atoms with van der Waals surface area (Å²) in [6, 6.07) is 10.6. The van der Waals surface area contributed by atoms with Crippen LogP contribution in [-0.4, -0.2) is 51.5 Å². The highest BCUT2D eigenvalue weighted by Gasteiger charge is 2.34. The number of benzene rings is 2. The molecule has 3 rings (SSSR count). The predicted molar refractivity (Wildman–Crippen MR) is 103 cm³/mol. The Labute approximate surface area is 171 Å². The second-order valence-corrected chi connectivity index (χ2v) is 8.06. The van der Waals surface area contributed by atoms with Gasteiger partial charge >= 0.3 is 0 Å². The first kappa shape index (κ1) is 21.6. The molecule has 2 aromatic rings. The number of sulfonamides is 1. The SMILES string of the molecule is O=C(NS(=O)(=O)c1ccc(NCC2(F)COCCO2)c([N+](=O)[O-])c1)c1ccccc1. The largest absolute Gasteiger partial charge is 0.374 e. The molecule has 1 amide bonds. The van der Waals surface area contributed by atoms with E-state index in [1.54, 1.807) is 18.2 Å². The van der Waals surface area contributed by atoms with Crippen LogP contribution in [0.15, 0.2) is 53.4 Å². The fourth-order valence-corrected chi connectivity index (χ4v) is 3.68. The van der Waals surface area contributed by atoms with E-state index in [-0.39, 0.29) is 31.1 Å². The minimum absolute atomic E-state index is 0.0402. The molecule has 1 aliphatic rings. The summed E-state index contributed by atoms with van der Waals surface area (Å²) in [6.45, 7) is -0.498. The number of nitrogens with one attached hydrogen (secondary N) is 2. The molecule has 0 spiro atoms. The Bertz CT molecular complexity index is 1040. The average Bonchev–Trinajstić information content (AvgIpc) is 2.73.